The van der Waals surface area contributed by atoms with E-state index in [1.807, 2.05) is 24.4 Å². The molecule has 1 aromatic heterocycles. The van der Waals surface area contributed by atoms with Crippen LogP contribution in [0.25, 0.3) is 10.9 Å². The molecule has 0 spiro atoms. The van der Waals surface area contributed by atoms with E-state index in [-0.39, 0.29) is 5.54 Å². The minimum atomic E-state index is -0.220. The van der Waals surface area contributed by atoms with Crippen molar-refractivity contribution >= 4 is 10.9 Å². The van der Waals surface area contributed by atoms with Crippen LogP contribution in [0.1, 0.15) is 18.4 Å². The van der Waals surface area contributed by atoms with Gasteiger partial charge in [0.25, 0.3) is 0 Å². The molecule has 1 saturated heterocycles. The Morgan fingerprint density at radius 1 is 1.28 bits per heavy atom. The molecule has 1 aliphatic heterocycles. The van der Waals surface area contributed by atoms with Gasteiger partial charge in [0.2, 0.25) is 0 Å². The highest BCUT2D eigenvalue weighted by atomic mass is 16.5. The van der Waals surface area contributed by atoms with Crippen LogP contribution in [0.3, 0.4) is 0 Å². The lowest BCUT2D eigenvalue weighted by atomic mass is 9.86. The molecule has 2 heterocycles. The van der Waals surface area contributed by atoms with Crippen molar-refractivity contribution in [2.24, 2.45) is 5.73 Å². The zero-order chi connectivity index (χ0) is 12.4. The average Bonchev–Trinajstić information content (AvgIpc) is 2.40. The molecule has 1 aromatic carbocycles. The number of benzene rings is 1. The Morgan fingerprint density at radius 3 is 3.00 bits per heavy atom. The highest BCUT2D eigenvalue weighted by Crippen LogP contribution is 2.25. The minimum absolute atomic E-state index is 0.220. The molecular weight excluding hydrogens is 224 g/mol. The van der Waals surface area contributed by atoms with Crippen LogP contribution in [-0.2, 0) is 11.2 Å². The maximum atomic E-state index is 6.44. The van der Waals surface area contributed by atoms with Gasteiger partial charge in [-0.3, -0.25) is 4.98 Å². The molecule has 0 aliphatic carbocycles. The Bertz CT molecular complexity index is 542. The Labute approximate surface area is 107 Å². The smallest absolute Gasteiger partial charge is 0.0704 e. The first-order valence-electron chi connectivity index (χ1n) is 6.46. The van der Waals surface area contributed by atoms with E-state index in [2.05, 4.69) is 17.1 Å². The van der Waals surface area contributed by atoms with E-state index < -0.39 is 0 Å². The third-order valence-electron chi connectivity index (χ3n) is 3.63. The van der Waals surface area contributed by atoms with Gasteiger partial charge in [-0.25, -0.2) is 0 Å². The lowest BCUT2D eigenvalue weighted by Gasteiger charge is -2.33. The van der Waals surface area contributed by atoms with Gasteiger partial charge in [0.05, 0.1) is 12.1 Å². The molecular formula is C15H18N2O. The highest BCUT2D eigenvalue weighted by Gasteiger charge is 2.29. The summed E-state index contributed by atoms with van der Waals surface area (Å²) < 4.78 is 5.53. The van der Waals surface area contributed by atoms with Crippen LogP contribution in [0.2, 0.25) is 0 Å². The van der Waals surface area contributed by atoms with Gasteiger partial charge in [-0.1, -0.05) is 18.2 Å². The fraction of sp³-hybridized carbons (Fsp3) is 0.400. The van der Waals surface area contributed by atoms with E-state index >= 15 is 0 Å². The third kappa shape index (κ3) is 2.24. The molecule has 3 heteroatoms. The number of nitrogens with two attached hydrogens (primary N) is 1. The molecule has 0 amide bonds. The van der Waals surface area contributed by atoms with Gasteiger partial charge < -0.3 is 10.5 Å². The van der Waals surface area contributed by atoms with Crippen molar-refractivity contribution in [2.75, 3.05) is 13.2 Å². The summed E-state index contributed by atoms with van der Waals surface area (Å²) in [6, 6.07) is 10.3. The van der Waals surface area contributed by atoms with Gasteiger partial charge in [-0.05, 0) is 37.0 Å². The van der Waals surface area contributed by atoms with Crippen LogP contribution in [0.4, 0.5) is 0 Å². The summed E-state index contributed by atoms with van der Waals surface area (Å²) in [7, 11) is 0. The number of para-hydroxylation sites is 1. The van der Waals surface area contributed by atoms with E-state index in [1.54, 1.807) is 0 Å². The van der Waals surface area contributed by atoms with Gasteiger partial charge >= 0.3 is 0 Å². The predicted molar refractivity (Wildman–Crippen MR) is 72.4 cm³/mol. The number of fused-ring (bicyclic) bond motifs is 1. The van der Waals surface area contributed by atoms with Crippen molar-refractivity contribution in [3.05, 3.63) is 42.1 Å². The van der Waals surface area contributed by atoms with Crippen molar-refractivity contribution in [2.45, 2.75) is 24.8 Å². The van der Waals surface area contributed by atoms with Gasteiger partial charge in [-0.2, -0.15) is 0 Å². The van der Waals surface area contributed by atoms with Crippen LogP contribution in [0.15, 0.2) is 36.5 Å². The van der Waals surface area contributed by atoms with Gasteiger partial charge in [0.1, 0.15) is 0 Å². The van der Waals surface area contributed by atoms with E-state index in [4.69, 9.17) is 10.5 Å². The maximum absolute atomic E-state index is 6.44. The number of pyridine rings is 1. The van der Waals surface area contributed by atoms with Crippen molar-refractivity contribution in [1.29, 1.82) is 0 Å². The molecule has 1 aliphatic rings. The van der Waals surface area contributed by atoms with E-state index in [0.717, 1.165) is 31.4 Å². The monoisotopic (exact) mass is 242 g/mol. The maximum Gasteiger partial charge on any atom is 0.0704 e. The largest absolute Gasteiger partial charge is 0.380 e. The molecule has 2 aromatic rings. The van der Waals surface area contributed by atoms with Crippen molar-refractivity contribution in [3.63, 3.8) is 0 Å². The van der Waals surface area contributed by atoms with Gasteiger partial charge in [0.15, 0.2) is 0 Å². The second-order valence-electron chi connectivity index (χ2n) is 5.18. The summed E-state index contributed by atoms with van der Waals surface area (Å²) in [5.41, 5.74) is 8.53. The molecule has 0 radical (unpaired) electrons. The molecule has 94 valence electrons. The molecule has 0 bridgehead atoms. The molecule has 0 saturated carbocycles. The van der Waals surface area contributed by atoms with E-state index in [1.165, 1.54) is 10.9 Å². The number of hydrogen-bond donors (Lipinski definition) is 1. The number of aromatic nitrogens is 1. The van der Waals surface area contributed by atoms with E-state index in [9.17, 15) is 0 Å². The first-order chi connectivity index (χ1) is 8.77. The standard InChI is InChI=1S/C15H18N2O/c16-15(7-3-9-18-11-15)10-12-6-8-17-14-5-2-1-4-13(12)14/h1-2,4-6,8H,3,7,9-11,16H2. The summed E-state index contributed by atoms with van der Waals surface area (Å²) >= 11 is 0. The Hall–Kier alpha value is -1.45. The van der Waals surface area contributed by atoms with Crippen LogP contribution in [0.5, 0.6) is 0 Å². The number of hydrogen-bond acceptors (Lipinski definition) is 3. The molecule has 1 atom stereocenters. The molecule has 18 heavy (non-hydrogen) atoms. The van der Waals surface area contributed by atoms with Crippen molar-refractivity contribution in [3.8, 4) is 0 Å². The first kappa shape index (κ1) is 11.6. The minimum Gasteiger partial charge on any atom is -0.380 e. The summed E-state index contributed by atoms with van der Waals surface area (Å²) in [4.78, 5) is 4.39. The van der Waals surface area contributed by atoms with Crippen LogP contribution < -0.4 is 5.73 Å². The Balaban J connectivity index is 1.94. The lowest BCUT2D eigenvalue weighted by Crippen LogP contribution is -2.49. The molecule has 2 N–H and O–H groups in total. The van der Waals surface area contributed by atoms with E-state index in [0.29, 0.717) is 6.61 Å². The summed E-state index contributed by atoms with van der Waals surface area (Å²) in [5, 5.41) is 1.20. The predicted octanol–water partition coefficient (Wildman–Crippen LogP) is 2.29. The van der Waals surface area contributed by atoms with Crippen LogP contribution in [-0.4, -0.2) is 23.7 Å². The number of nitrogens with zero attached hydrogens (tertiary/aromatic N) is 1. The molecule has 1 unspecified atom stereocenters. The van der Waals surface area contributed by atoms with Crippen molar-refractivity contribution in [1.82, 2.24) is 4.98 Å². The second kappa shape index (κ2) is 4.67. The molecule has 3 nitrogen and oxygen atoms in total. The topological polar surface area (TPSA) is 48.1 Å². The third-order valence-corrected chi connectivity index (χ3v) is 3.63. The van der Waals surface area contributed by atoms with Gasteiger partial charge in [-0.15, -0.1) is 0 Å². The molecule has 1 fully saturated rings. The summed E-state index contributed by atoms with van der Waals surface area (Å²) in [6.07, 6.45) is 4.81. The van der Waals surface area contributed by atoms with Gasteiger partial charge in [0, 0.05) is 23.7 Å². The Kier molecular flexibility index (Phi) is 3.02. The number of rotatable bonds is 2. The molecule has 3 rings (SSSR count). The fourth-order valence-electron chi connectivity index (χ4n) is 2.70. The highest BCUT2D eigenvalue weighted by molar-refractivity contribution is 5.81. The number of ether oxygens (including phenoxy) is 1. The fourth-order valence-corrected chi connectivity index (χ4v) is 2.70. The normalized spacial score (nSPS) is 24.3. The SMILES string of the molecule is NC1(Cc2ccnc3ccccc23)CCCOC1. The Morgan fingerprint density at radius 2 is 2.17 bits per heavy atom. The first-order valence-corrected chi connectivity index (χ1v) is 6.46. The zero-order valence-corrected chi connectivity index (χ0v) is 10.4. The lowest BCUT2D eigenvalue weighted by molar-refractivity contribution is 0.0383. The average molecular weight is 242 g/mol. The summed E-state index contributed by atoms with van der Waals surface area (Å²) in [6.45, 7) is 1.50. The van der Waals surface area contributed by atoms with Crippen molar-refractivity contribution < 1.29 is 4.74 Å². The summed E-state index contributed by atoms with van der Waals surface area (Å²) in [5.74, 6) is 0. The van der Waals surface area contributed by atoms with Crippen LogP contribution in [0, 0.1) is 0 Å². The van der Waals surface area contributed by atoms with Crippen LogP contribution >= 0.6 is 0 Å². The second-order valence-corrected chi connectivity index (χ2v) is 5.18. The quantitative estimate of drug-likeness (QED) is 0.879. The zero-order valence-electron chi connectivity index (χ0n) is 10.4.